The Bertz CT molecular complexity index is 684. The molecule has 0 amide bonds. The van der Waals surface area contributed by atoms with Crippen LogP contribution < -0.4 is 10.1 Å². The maximum atomic E-state index is 13.1. The summed E-state index contributed by atoms with van der Waals surface area (Å²) in [6.45, 7) is 2.37. The highest BCUT2D eigenvalue weighted by molar-refractivity contribution is 6.30. The topological polar surface area (TPSA) is 90.2 Å². The quantitative estimate of drug-likeness (QED) is 0.672. The summed E-state index contributed by atoms with van der Waals surface area (Å²) in [4.78, 5) is 18.0. The van der Waals surface area contributed by atoms with Gasteiger partial charge in [-0.15, -0.1) is 0 Å². The second-order valence-electron chi connectivity index (χ2n) is 3.85. The summed E-state index contributed by atoms with van der Waals surface area (Å²) in [6.07, 6.45) is 1.03. The predicted octanol–water partition coefficient (Wildman–Crippen LogP) is 3.40. The Labute approximate surface area is 123 Å². The third-order valence-corrected chi connectivity index (χ3v) is 2.66. The van der Waals surface area contributed by atoms with Crippen molar-refractivity contribution in [2.24, 2.45) is 0 Å². The van der Waals surface area contributed by atoms with Crippen molar-refractivity contribution < 1.29 is 14.1 Å². The van der Waals surface area contributed by atoms with Gasteiger partial charge in [0, 0.05) is 12.6 Å². The van der Waals surface area contributed by atoms with Gasteiger partial charge in [0.2, 0.25) is 5.95 Å². The minimum atomic E-state index is -0.670. The van der Waals surface area contributed by atoms with Gasteiger partial charge >= 0.3 is 11.6 Å². The fourth-order valence-corrected chi connectivity index (χ4v) is 1.63. The number of hydrogen-bond donors (Lipinski definition) is 1. The van der Waals surface area contributed by atoms with Crippen molar-refractivity contribution in [3.8, 4) is 11.6 Å². The Morgan fingerprint density at radius 1 is 1.52 bits per heavy atom. The molecule has 2 rings (SSSR count). The van der Waals surface area contributed by atoms with Gasteiger partial charge in [-0.3, -0.25) is 10.1 Å². The highest BCUT2D eigenvalue weighted by Crippen LogP contribution is 2.31. The van der Waals surface area contributed by atoms with Crippen LogP contribution in [0.4, 0.5) is 16.0 Å². The zero-order valence-electron chi connectivity index (χ0n) is 10.8. The molecule has 9 heteroatoms. The van der Waals surface area contributed by atoms with Gasteiger partial charge in [-0.25, -0.2) is 9.37 Å². The Morgan fingerprint density at radius 2 is 2.29 bits per heavy atom. The number of ether oxygens (including phenoxy) is 1. The van der Waals surface area contributed by atoms with Crippen LogP contribution in [0.25, 0.3) is 0 Å². The molecule has 21 heavy (non-hydrogen) atoms. The van der Waals surface area contributed by atoms with E-state index in [-0.39, 0.29) is 22.6 Å². The average molecular weight is 313 g/mol. The number of nitro groups is 1. The van der Waals surface area contributed by atoms with Gasteiger partial charge in [-0.1, -0.05) is 11.6 Å². The number of nitrogens with zero attached hydrogens (tertiary/aromatic N) is 3. The monoisotopic (exact) mass is 312 g/mol. The number of anilines is 1. The molecule has 1 N–H and O–H groups in total. The molecule has 1 heterocycles. The van der Waals surface area contributed by atoms with Crippen LogP contribution >= 0.6 is 11.6 Å². The van der Waals surface area contributed by atoms with Crippen molar-refractivity contribution in [3.63, 3.8) is 0 Å². The summed E-state index contributed by atoms with van der Waals surface area (Å²) in [5.74, 6) is -0.555. The molecule has 110 valence electrons. The first-order chi connectivity index (χ1) is 10.0. The molecule has 0 atom stereocenters. The van der Waals surface area contributed by atoms with Crippen LogP contribution in [0.2, 0.25) is 5.02 Å². The Morgan fingerprint density at radius 3 is 2.90 bits per heavy atom. The molecule has 0 aliphatic carbocycles. The lowest BCUT2D eigenvalue weighted by Gasteiger charge is -2.07. The van der Waals surface area contributed by atoms with E-state index >= 15 is 0 Å². The lowest BCUT2D eigenvalue weighted by molar-refractivity contribution is -0.386. The van der Waals surface area contributed by atoms with Crippen molar-refractivity contribution >= 4 is 23.2 Å². The number of rotatable bonds is 5. The molecular weight excluding hydrogens is 303 g/mol. The van der Waals surface area contributed by atoms with Crippen molar-refractivity contribution in [2.75, 3.05) is 11.9 Å². The number of hydrogen-bond acceptors (Lipinski definition) is 6. The zero-order chi connectivity index (χ0) is 15.4. The Hall–Kier alpha value is -2.48. The van der Waals surface area contributed by atoms with E-state index < -0.39 is 16.4 Å². The van der Waals surface area contributed by atoms with E-state index in [1.54, 1.807) is 0 Å². The summed E-state index contributed by atoms with van der Waals surface area (Å²) >= 11 is 5.63. The third-order valence-electron chi connectivity index (χ3n) is 2.37. The summed E-state index contributed by atoms with van der Waals surface area (Å²) in [6, 6.07) is 3.59. The van der Waals surface area contributed by atoms with E-state index in [1.807, 2.05) is 6.92 Å². The summed E-state index contributed by atoms with van der Waals surface area (Å²) < 4.78 is 18.4. The first-order valence-electron chi connectivity index (χ1n) is 5.89. The Kier molecular flexibility index (Phi) is 4.49. The van der Waals surface area contributed by atoms with Gasteiger partial charge in [0.05, 0.1) is 9.95 Å². The minimum absolute atomic E-state index is 0.130. The van der Waals surface area contributed by atoms with E-state index in [0.29, 0.717) is 6.54 Å². The molecule has 0 bridgehead atoms. The van der Waals surface area contributed by atoms with Crippen LogP contribution in [0.15, 0.2) is 24.4 Å². The van der Waals surface area contributed by atoms with Crippen LogP contribution in [-0.4, -0.2) is 21.4 Å². The molecule has 0 spiro atoms. The van der Waals surface area contributed by atoms with Gasteiger partial charge in [0.25, 0.3) is 0 Å². The summed E-state index contributed by atoms with van der Waals surface area (Å²) in [5, 5.41) is 13.6. The molecule has 0 aliphatic heterocycles. The lowest BCUT2D eigenvalue weighted by Crippen LogP contribution is -2.05. The van der Waals surface area contributed by atoms with E-state index in [2.05, 4.69) is 15.3 Å². The number of aromatic nitrogens is 2. The fraction of sp³-hybridized carbons (Fsp3) is 0.167. The van der Waals surface area contributed by atoms with Gasteiger partial charge in [-0.05, 0) is 19.1 Å². The molecule has 2 aromatic rings. The SMILES string of the molecule is CCNc1ncc([N+](=O)[O-])c(Oc2ccc(F)c(Cl)c2)n1. The lowest BCUT2D eigenvalue weighted by atomic mass is 10.3. The van der Waals surface area contributed by atoms with Gasteiger partial charge < -0.3 is 10.1 Å². The van der Waals surface area contributed by atoms with Crippen molar-refractivity contribution in [1.29, 1.82) is 0 Å². The number of halogens is 2. The molecule has 0 unspecified atom stereocenters. The number of benzene rings is 1. The van der Waals surface area contributed by atoms with Crippen LogP contribution in [0.1, 0.15) is 6.92 Å². The molecule has 0 radical (unpaired) electrons. The molecule has 1 aromatic heterocycles. The van der Waals surface area contributed by atoms with E-state index in [1.165, 1.54) is 12.1 Å². The van der Waals surface area contributed by atoms with E-state index in [0.717, 1.165) is 12.3 Å². The smallest absolute Gasteiger partial charge is 0.349 e. The van der Waals surface area contributed by atoms with Gasteiger partial charge in [0.1, 0.15) is 17.8 Å². The molecule has 0 fully saturated rings. The molecule has 0 saturated carbocycles. The number of nitrogens with one attached hydrogen (secondary N) is 1. The first-order valence-corrected chi connectivity index (χ1v) is 6.27. The molecular formula is C12H10ClFN4O3. The van der Waals surface area contributed by atoms with Crippen LogP contribution in [0, 0.1) is 15.9 Å². The highest BCUT2D eigenvalue weighted by atomic mass is 35.5. The molecule has 0 aliphatic rings. The second kappa shape index (κ2) is 6.31. The first kappa shape index (κ1) is 14.9. The Balaban J connectivity index is 2.37. The fourth-order valence-electron chi connectivity index (χ4n) is 1.46. The van der Waals surface area contributed by atoms with E-state index in [9.17, 15) is 14.5 Å². The van der Waals surface area contributed by atoms with Gasteiger partial charge in [-0.2, -0.15) is 4.98 Å². The van der Waals surface area contributed by atoms with Crippen molar-refractivity contribution in [2.45, 2.75) is 6.92 Å². The predicted molar refractivity (Wildman–Crippen MR) is 74.3 cm³/mol. The molecule has 7 nitrogen and oxygen atoms in total. The standard InChI is InChI=1S/C12H10ClFN4O3/c1-2-15-12-16-6-10(18(19)20)11(17-12)21-7-3-4-9(14)8(13)5-7/h3-6H,2H2,1H3,(H,15,16,17). The minimum Gasteiger partial charge on any atom is -0.434 e. The second-order valence-corrected chi connectivity index (χ2v) is 4.26. The summed E-state index contributed by atoms with van der Waals surface area (Å²) in [7, 11) is 0. The van der Waals surface area contributed by atoms with Crippen molar-refractivity contribution in [3.05, 3.63) is 45.4 Å². The van der Waals surface area contributed by atoms with Gasteiger partial charge in [0.15, 0.2) is 0 Å². The van der Waals surface area contributed by atoms with Crippen LogP contribution in [0.3, 0.4) is 0 Å². The highest BCUT2D eigenvalue weighted by Gasteiger charge is 2.20. The normalized spacial score (nSPS) is 10.2. The maximum Gasteiger partial charge on any atom is 0.349 e. The van der Waals surface area contributed by atoms with Crippen LogP contribution in [0.5, 0.6) is 11.6 Å². The van der Waals surface area contributed by atoms with E-state index in [4.69, 9.17) is 16.3 Å². The zero-order valence-corrected chi connectivity index (χ0v) is 11.6. The van der Waals surface area contributed by atoms with Crippen molar-refractivity contribution in [1.82, 2.24) is 9.97 Å². The largest absolute Gasteiger partial charge is 0.434 e. The van der Waals surface area contributed by atoms with Crippen LogP contribution in [-0.2, 0) is 0 Å². The maximum absolute atomic E-state index is 13.1. The average Bonchev–Trinajstić information content (AvgIpc) is 2.43. The summed E-state index contributed by atoms with van der Waals surface area (Å²) in [5.41, 5.74) is -0.405. The molecule has 0 saturated heterocycles. The third kappa shape index (κ3) is 3.54. The molecule has 1 aromatic carbocycles.